The van der Waals surface area contributed by atoms with Crippen molar-refractivity contribution >= 4 is 11.6 Å². The Morgan fingerprint density at radius 1 is 1.47 bits per heavy atom. The fourth-order valence-corrected chi connectivity index (χ4v) is 1.44. The molecule has 0 aromatic carbocycles. The molecule has 0 aliphatic heterocycles. The zero-order valence-electron chi connectivity index (χ0n) is 8.98. The van der Waals surface area contributed by atoms with Crippen LogP contribution in [0.3, 0.4) is 0 Å². The van der Waals surface area contributed by atoms with E-state index in [0.717, 1.165) is 12.2 Å². The van der Waals surface area contributed by atoms with Crippen molar-refractivity contribution in [3.05, 3.63) is 23.3 Å². The maximum atomic E-state index is 11.3. The van der Waals surface area contributed by atoms with Gasteiger partial charge in [0.1, 0.15) is 0 Å². The highest BCUT2D eigenvalue weighted by Crippen LogP contribution is 2.08. The number of hydrogen-bond donors (Lipinski definition) is 0. The van der Waals surface area contributed by atoms with Gasteiger partial charge in [0.2, 0.25) is 0 Å². The van der Waals surface area contributed by atoms with Crippen LogP contribution in [0.25, 0.3) is 5.78 Å². The van der Waals surface area contributed by atoms with E-state index in [1.54, 1.807) is 17.6 Å². The first-order valence-corrected chi connectivity index (χ1v) is 4.85. The third kappa shape index (κ3) is 1.60. The van der Waals surface area contributed by atoms with Crippen LogP contribution in [-0.2, 0) is 6.42 Å². The number of ketones is 1. The van der Waals surface area contributed by atoms with Crippen LogP contribution >= 0.6 is 0 Å². The van der Waals surface area contributed by atoms with Crippen LogP contribution in [-0.4, -0.2) is 25.4 Å². The summed E-state index contributed by atoms with van der Waals surface area (Å²) in [6.45, 7) is 5.30. The summed E-state index contributed by atoms with van der Waals surface area (Å²) in [5, 5.41) is 4.21. The molecule has 0 amide bonds. The van der Waals surface area contributed by atoms with Crippen LogP contribution < -0.4 is 0 Å². The minimum Gasteiger partial charge on any atom is -0.294 e. The molecule has 0 saturated heterocycles. The molecule has 0 bridgehead atoms. The quantitative estimate of drug-likeness (QED) is 0.689. The van der Waals surface area contributed by atoms with Crippen LogP contribution in [0.15, 0.2) is 6.20 Å². The minimum atomic E-state index is -0.00421. The van der Waals surface area contributed by atoms with E-state index in [1.807, 2.05) is 6.92 Å². The Bertz CT molecular complexity index is 529. The lowest BCUT2D eigenvalue weighted by Crippen LogP contribution is -2.03. The molecular formula is C10H12N4O. The Kier molecular flexibility index (Phi) is 2.22. The first kappa shape index (κ1) is 9.76. The van der Waals surface area contributed by atoms with E-state index in [1.165, 1.54) is 6.92 Å². The monoisotopic (exact) mass is 204 g/mol. The van der Waals surface area contributed by atoms with Gasteiger partial charge in [-0.2, -0.15) is 4.98 Å². The molecule has 15 heavy (non-hydrogen) atoms. The van der Waals surface area contributed by atoms with Crippen molar-refractivity contribution in [1.29, 1.82) is 0 Å². The van der Waals surface area contributed by atoms with Crippen LogP contribution in [0.5, 0.6) is 0 Å². The SMILES string of the molecule is CCc1nc2nc(C)c(C(C)=O)cn2n1. The van der Waals surface area contributed by atoms with E-state index < -0.39 is 0 Å². The van der Waals surface area contributed by atoms with Crippen molar-refractivity contribution in [3.63, 3.8) is 0 Å². The van der Waals surface area contributed by atoms with E-state index in [9.17, 15) is 4.79 Å². The van der Waals surface area contributed by atoms with E-state index >= 15 is 0 Å². The van der Waals surface area contributed by atoms with E-state index in [2.05, 4.69) is 15.1 Å². The number of carbonyl (C=O) groups is 1. The molecule has 5 nitrogen and oxygen atoms in total. The maximum absolute atomic E-state index is 11.3. The summed E-state index contributed by atoms with van der Waals surface area (Å²) < 4.78 is 1.56. The Morgan fingerprint density at radius 2 is 2.20 bits per heavy atom. The highest BCUT2D eigenvalue weighted by Gasteiger charge is 2.10. The summed E-state index contributed by atoms with van der Waals surface area (Å²) in [6, 6.07) is 0. The van der Waals surface area contributed by atoms with E-state index in [0.29, 0.717) is 17.0 Å². The van der Waals surface area contributed by atoms with Gasteiger partial charge in [-0.05, 0) is 13.8 Å². The molecule has 0 aliphatic rings. The number of rotatable bonds is 2. The van der Waals surface area contributed by atoms with Crippen LogP contribution in [0.2, 0.25) is 0 Å². The van der Waals surface area contributed by atoms with Gasteiger partial charge in [0.15, 0.2) is 11.6 Å². The molecule has 0 fully saturated rings. The van der Waals surface area contributed by atoms with Gasteiger partial charge in [0.05, 0.1) is 11.3 Å². The number of fused-ring (bicyclic) bond motifs is 1. The molecule has 2 aromatic rings. The summed E-state index contributed by atoms with van der Waals surface area (Å²) in [7, 11) is 0. The van der Waals surface area contributed by atoms with Gasteiger partial charge in [-0.3, -0.25) is 4.79 Å². The van der Waals surface area contributed by atoms with E-state index in [4.69, 9.17) is 0 Å². The van der Waals surface area contributed by atoms with Crippen molar-refractivity contribution in [1.82, 2.24) is 19.6 Å². The second-order valence-electron chi connectivity index (χ2n) is 3.42. The Labute approximate surface area is 87.2 Å². The van der Waals surface area contributed by atoms with Crippen molar-refractivity contribution in [2.24, 2.45) is 0 Å². The number of hydrogen-bond acceptors (Lipinski definition) is 4. The van der Waals surface area contributed by atoms with Crippen LogP contribution in [0.1, 0.15) is 35.7 Å². The zero-order valence-corrected chi connectivity index (χ0v) is 8.98. The fraction of sp³-hybridized carbons (Fsp3) is 0.400. The molecule has 0 N–H and O–H groups in total. The zero-order chi connectivity index (χ0) is 11.0. The van der Waals surface area contributed by atoms with Gasteiger partial charge in [-0.25, -0.2) is 9.50 Å². The third-order valence-electron chi connectivity index (χ3n) is 2.26. The standard InChI is InChI=1S/C10H12N4O/c1-4-9-12-10-11-6(2)8(7(3)15)5-14(10)13-9/h5H,4H2,1-3H3. The van der Waals surface area contributed by atoms with Gasteiger partial charge < -0.3 is 0 Å². The number of aryl methyl sites for hydroxylation is 2. The molecule has 2 rings (SSSR count). The number of nitrogens with zero attached hydrogens (tertiary/aromatic N) is 4. The lowest BCUT2D eigenvalue weighted by atomic mass is 10.2. The average molecular weight is 204 g/mol. The van der Waals surface area contributed by atoms with Gasteiger partial charge in [0.25, 0.3) is 5.78 Å². The molecule has 78 valence electrons. The third-order valence-corrected chi connectivity index (χ3v) is 2.26. The summed E-state index contributed by atoms with van der Waals surface area (Å²) in [6.07, 6.45) is 2.45. The first-order chi connectivity index (χ1) is 7.11. The van der Waals surface area contributed by atoms with Crippen molar-refractivity contribution in [2.75, 3.05) is 0 Å². The van der Waals surface area contributed by atoms with Gasteiger partial charge >= 0.3 is 0 Å². The second-order valence-corrected chi connectivity index (χ2v) is 3.42. The average Bonchev–Trinajstić information content (AvgIpc) is 2.58. The maximum Gasteiger partial charge on any atom is 0.252 e. The Balaban J connectivity index is 2.68. The topological polar surface area (TPSA) is 60.2 Å². The molecule has 2 aromatic heterocycles. The summed E-state index contributed by atoms with van der Waals surface area (Å²) in [5.41, 5.74) is 1.29. The molecule has 0 aliphatic carbocycles. The largest absolute Gasteiger partial charge is 0.294 e. The molecule has 0 atom stereocenters. The molecule has 0 saturated carbocycles. The van der Waals surface area contributed by atoms with E-state index in [-0.39, 0.29) is 5.78 Å². The molecule has 0 spiro atoms. The van der Waals surface area contributed by atoms with Gasteiger partial charge in [-0.15, -0.1) is 5.10 Å². The molecule has 5 heteroatoms. The van der Waals surface area contributed by atoms with Crippen LogP contribution in [0.4, 0.5) is 0 Å². The molecular weight excluding hydrogens is 192 g/mol. The van der Waals surface area contributed by atoms with Crippen LogP contribution in [0, 0.1) is 6.92 Å². The Hall–Kier alpha value is -1.78. The van der Waals surface area contributed by atoms with Crippen molar-refractivity contribution in [3.8, 4) is 0 Å². The number of aromatic nitrogens is 4. The Morgan fingerprint density at radius 3 is 2.80 bits per heavy atom. The number of Topliss-reactive ketones (excluding diaryl/α,β-unsaturated/α-hetero) is 1. The van der Waals surface area contributed by atoms with Gasteiger partial charge in [-0.1, -0.05) is 6.92 Å². The highest BCUT2D eigenvalue weighted by atomic mass is 16.1. The lowest BCUT2D eigenvalue weighted by Gasteiger charge is -1.99. The second kappa shape index (κ2) is 3.42. The summed E-state index contributed by atoms with van der Waals surface area (Å²) >= 11 is 0. The summed E-state index contributed by atoms with van der Waals surface area (Å²) in [4.78, 5) is 19.7. The number of carbonyl (C=O) groups excluding carboxylic acids is 1. The smallest absolute Gasteiger partial charge is 0.252 e. The fourth-order valence-electron chi connectivity index (χ4n) is 1.44. The minimum absolute atomic E-state index is 0.00421. The van der Waals surface area contributed by atoms with Crippen molar-refractivity contribution in [2.45, 2.75) is 27.2 Å². The predicted molar refractivity (Wildman–Crippen MR) is 54.9 cm³/mol. The first-order valence-electron chi connectivity index (χ1n) is 4.85. The molecule has 2 heterocycles. The summed E-state index contributed by atoms with van der Waals surface area (Å²) in [5.74, 6) is 1.28. The van der Waals surface area contributed by atoms with Crippen molar-refractivity contribution < 1.29 is 4.79 Å². The van der Waals surface area contributed by atoms with Gasteiger partial charge in [0, 0.05) is 12.6 Å². The lowest BCUT2D eigenvalue weighted by molar-refractivity contribution is 0.101. The molecule has 0 radical (unpaired) electrons. The molecule has 0 unspecified atom stereocenters. The normalized spacial score (nSPS) is 10.9. The highest BCUT2D eigenvalue weighted by molar-refractivity contribution is 5.94. The predicted octanol–water partition coefficient (Wildman–Crippen LogP) is 1.20.